The van der Waals surface area contributed by atoms with Gasteiger partial charge in [0.25, 0.3) is 0 Å². The van der Waals surface area contributed by atoms with Crippen molar-refractivity contribution in [3.05, 3.63) is 42.5 Å². The molecule has 9 nitrogen and oxygen atoms in total. The van der Waals surface area contributed by atoms with Gasteiger partial charge in [-0.25, -0.2) is 4.79 Å². The van der Waals surface area contributed by atoms with Gasteiger partial charge in [0.2, 0.25) is 11.8 Å². The van der Waals surface area contributed by atoms with Crippen molar-refractivity contribution in [3.8, 4) is 11.5 Å². The predicted molar refractivity (Wildman–Crippen MR) is 111 cm³/mol. The molecule has 0 aliphatic carbocycles. The van der Waals surface area contributed by atoms with Gasteiger partial charge in [-0.2, -0.15) is 0 Å². The number of fused-ring (bicyclic) bond motifs is 1. The van der Waals surface area contributed by atoms with Crippen LogP contribution in [-0.2, 0) is 9.59 Å². The second-order valence-electron chi connectivity index (χ2n) is 6.99. The topological polar surface area (TPSA) is 100 Å². The van der Waals surface area contributed by atoms with E-state index in [4.69, 9.17) is 9.47 Å². The van der Waals surface area contributed by atoms with E-state index < -0.39 is 0 Å². The minimum atomic E-state index is -0.313. The smallest absolute Gasteiger partial charge is 0.325 e. The maximum atomic E-state index is 12.8. The normalized spacial score (nSPS) is 15.2. The zero-order chi connectivity index (χ0) is 21.1. The monoisotopic (exact) mass is 410 g/mol. The zero-order valence-corrected chi connectivity index (χ0v) is 16.5. The number of nitrogens with zero attached hydrogens (tertiary/aromatic N) is 2. The second-order valence-corrected chi connectivity index (χ2v) is 6.99. The number of urea groups is 1. The number of hydrogen-bond donors (Lipinski definition) is 2. The van der Waals surface area contributed by atoms with E-state index in [1.54, 1.807) is 41.3 Å². The summed E-state index contributed by atoms with van der Waals surface area (Å²) in [4.78, 5) is 39.5. The van der Waals surface area contributed by atoms with Crippen LogP contribution in [0.25, 0.3) is 0 Å². The number of benzene rings is 2. The van der Waals surface area contributed by atoms with Crippen molar-refractivity contribution in [1.29, 1.82) is 0 Å². The fourth-order valence-electron chi connectivity index (χ4n) is 3.42. The summed E-state index contributed by atoms with van der Waals surface area (Å²) in [6.45, 7) is 3.24. The van der Waals surface area contributed by atoms with Gasteiger partial charge in [0.15, 0.2) is 11.5 Å². The molecule has 2 N–H and O–H groups in total. The Bertz CT molecular complexity index is 993. The lowest BCUT2D eigenvalue weighted by atomic mass is 10.2. The number of rotatable bonds is 5. The zero-order valence-electron chi connectivity index (χ0n) is 16.5. The van der Waals surface area contributed by atoms with E-state index in [2.05, 4.69) is 10.6 Å². The summed E-state index contributed by atoms with van der Waals surface area (Å²) in [6.07, 6.45) is 0. The average molecular weight is 410 g/mol. The molecule has 0 spiro atoms. The van der Waals surface area contributed by atoms with Crippen LogP contribution in [0.1, 0.15) is 6.92 Å². The lowest BCUT2D eigenvalue weighted by Gasteiger charge is -2.22. The Morgan fingerprint density at radius 2 is 1.70 bits per heavy atom. The number of anilines is 3. The average Bonchev–Trinajstić information content (AvgIpc) is 3.07. The second kappa shape index (κ2) is 8.32. The highest BCUT2D eigenvalue weighted by atomic mass is 16.6. The van der Waals surface area contributed by atoms with Crippen LogP contribution in [0.15, 0.2) is 42.5 Å². The predicted octanol–water partition coefficient (Wildman–Crippen LogP) is 2.30. The first-order chi connectivity index (χ1) is 14.5. The Morgan fingerprint density at radius 1 is 0.967 bits per heavy atom. The summed E-state index contributed by atoms with van der Waals surface area (Å²) in [7, 11) is 0. The van der Waals surface area contributed by atoms with E-state index in [1.807, 2.05) is 6.07 Å². The molecule has 2 aromatic rings. The summed E-state index contributed by atoms with van der Waals surface area (Å²) >= 11 is 0. The van der Waals surface area contributed by atoms with Gasteiger partial charge in [-0.15, -0.1) is 0 Å². The summed E-state index contributed by atoms with van der Waals surface area (Å²) in [6, 6.07) is 12.0. The van der Waals surface area contributed by atoms with Crippen LogP contribution in [0, 0.1) is 0 Å². The van der Waals surface area contributed by atoms with Crippen molar-refractivity contribution < 1.29 is 23.9 Å². The van der Waals surface area contributed by atoms with Crippen LogP contribution in [0.3, 0.4) is 0 Å². The molecule has 0 saturated carbocycles. The van der Waals surface area contributed by atoms with Crippen molar-refractivity contribution >= 4 is 34.9 Å². The van der Waals surface area contributed by atoms with Crippen LogP contribution in [0.5, 0.6) is 11.5 Å². The first-order valence-corrected chi connectivity index (χ1v) is 9.63. The molecular formula is C21H22N4O5. The minimum absolute atomic E-state index is 0.0652. The van der Waals surface area contributed by atoms with Gasteiger partial charge in [-0.1, -0.05) is 6.07 Å². The number of carbonyl (C=O) groups excluding carboxylic acids is 3. The largest absolute Gasteiger partial charge is 0.486 e. The Hall–Kier alpha value is -3.75. The molecule has 4 amide bonds. The third-order valence-corrected chi connectivity index (χ3v) is 4.73. The van der Waals surface area contributed by atoms with E-state index in [0.29, 0.717) is 54.9 Å². The molecule has 0 radical (unpaired) electrons. The van der Waals surface area contributed by atoms with Gasteiger partial charge in [0, 0.05) is 43.1 Å². The number of carbonyl (C=O) groups is 3. The van der Waals surface area contributed by atoms with Crippen LogP contribution in [0.4, 0.5) is 21.9 Å². The van der Waals surface area contributed by atoms with Gasteiger partial charge in [0.1, 0.15) is 19.8 Å². The van der Waals surface area contributed by atoms with Gasteiger partial charge in [-0.05, 0) is 30.3 Å². The minimum Gasteiger partial charge on any atom is -0.486 e. The van der Waals surface area contributed by atoms with Crippen LogP contribution < -0.4 is 25.0 Å². The molecule has 156 valence electrons. The number of nitrogens with one attached hydrogen (secondary N) is 2. The summed E-state index contributed by atoms with van der Waals surface area (Å²) < 4.78 is 11.1. The number of ether oxygens (including phenoxy) is 2. The van der Waals surface area contributed by atoms with Crippen molar-refractivity contribution in [2.24, 2.45) is 0 Å². The quantitative estimate of drug-likeness (QED) is 0.788. The third-order valence-electron chi connectivity index (χ3n) is 4.73. The Balaban J connectivity index is 1.37. The van der Waals surface area contributed by atoms with Crippen LogP contribution >= 0.6 is 0 Å². The standard InChI is InChI=1S/C21H22N4O5/c1-14(26)22-15-3-2-4-16(11-15)23-20(27)13-24-7-8-25(21(24)28)17-5-6-18-19(12-17)30-10-9-29-18/h2-6,11-12H,7-10,13H2,1H3,(H,22,26)(H,23,27). The van der Waals surface area contributed by atoms with Gasteiger partial charge in [-0.3, -0.25) is 14.5 Å². The molecule has 30 heavy (non-hydrogen) atoms. The molecule has 2 aromatic carbocycles. The molecule has 2 aliphatic rings. The van der Waals surface area contributed by atoms with Crippen LogP contribution in [0.2, 0.25) is 0 Å². The molecule has 1 saturated heterocycles. The first-order valence-electron chi connectivity index (χ1n) is 9.63. The molecular weight excluding hydrogens is 388 g/mol. The molecule has 0 unspecified atom stereocenters. The molecule has 9 heteroatoms. The molecule has 1 fully saturated rings. The van der Waals surface area contributed by atoms with Gasteiger partial charge >= 0.3 is 6.03 Å². The van der Waals surface area contributed by atoms with E-state index in [0.717, 1.165) is 0 Å². The molecule has 2 aliphatic heterocycles. The molecule has 0 bridgehead atoms. The maximum absolute atomic E-state index is 12.8. The highest BCUT2D eigenvalue weighted by Gasteiger charge is 2.31. The van der Waals surface area contributed by atoms with E-state index >= 15 is 0 Å². The van der Waals surface area contributed by atoms with Crippen molar-refractivity contribution in [3.63, 3.8) is 0 Å². The lowest BCUT2D eigenvalue weighted by Crippen LogP contribution is -2.37. The Kier molecular flexibility index (Phi) is 5.42. The molecule has 2 heterocycles. The van der Waals surface area contributed by atoms with Gasteiger partial charge < -0.3 is 25.0 Å². The van der Waals surface area contributed by atoms with Crippen molar-refractivity contribution in [1.82, 2.24) is 4.90 Å². The SMILES string of the molecule is CC(=O)Nc1cccc(NC(=O)CN2CCN(c3ccc4c(c3)OCCO4)C2=O)c1. The van der Waals surface area contributed by atoms with E-state index in [1.165, 1.54) is 11.8 Å². The fraction of sp³-hybridized carbons (Fsp3) is 0.286. The summed E-state index contributed by atoms with van der Waals surface area (Å²) in [5, 5.41) is 5.42. The maximum Gasteiger partial charge on any atom is 0.325 e. The first kappa shape index (κ1) is 19.6. The Labute approximate surface area is 173 Å². The molecule has 0 atom stereocenters. The van der Waals surface area contributed by atoms with E-state index in [9.17, 15) is 14.4 Å². The summed E-state index contributed by atoms with van der Waals surface area (Å²) in [5.74, 6) is 0.767. The van der Waals surface area contributed by atoms with Crippen LogP contribution in [-0.4, -0.2) is 55.6 Å². The third kappa shape index (κ3) is 4.29. The number of amides is 4. The molecule has 4 rings (SSSR count). The van der Waals surface area contributed by atoms with Crippen molar-refractivity contribution in [2.45, 2.75) is 6.92 Å². The highest BCUT2D eigenvalue weighted by Crippen LogP contribution is 2.35. The number of hydrogen-bond acceptors (Lipinski definition) is 5. The highest BCUT2D eigenvalue weighted by molar-refractivity contribution is 6.00. The van der Waals surface area contributed by atoms with Gasteiger partial charge in [0.05, 0.1) is 0 Å². The fourth-order valence-corrected chi connectivity index (χ4v) is 3.42. The van der Waals surface area contributed by atoms with E-state index in [-0.39, 0.29) is 24.4 Å². The van der Waals surface area contributed by atoms with Crippen molar-refractivity contribution in [2.75, 3.05) is 48.4 Å². The summed E-state index contributed by atoms with van der Waals surface area (Å²) in [5.41, 5.74) is 1.83. The lowest BCUT2D eigenvalue weighted by molar-refractivity contribution is -0.116. The molecule has 0 aromatic heterocycles. The Morgan fingerprint density at radius 3 is 2.47 bits per heavy atom.